The van der Waals surface area contributed by atoms with Gasteiger partial charge in [-0.3, -0.25) is 9.59 Å². The summed E-state index contributed by atoms with van der Waals surface area (Å²) in [4.78, 5) is 25.9. The van der Waals surface area contributed by atoms with Gasteiger partial charge in [0.15, 0.2) is 5.78 Å². The molecule has 0 radical (unpaired) electrons. The maximum absolute atomic E-state index is 13.2. The monoisotopic (exact) mass is 372 g/mol. The number of rotatable bonds is 5. The highest BCUT2D eigenvalue weighted by atomic mass is 16.1. The molecule has 28 heavy (non-hydrogen) atoms. The molecule has 2 aromatic heterocycles. The predicted molar refractivity (Wildman–Crippen MR) is 108 cm³/mol. The molecular formula is C22H20N4O2. The highest BCUT2D eigenvalue weighted by molar-refractivity contribution is 5.96. The van der Waals surface area contributed by atoms with E-state index in [0.29, 0.717) is 16.5 Å². The third kappa shape index (κ3) is 3.13. The Morgan fingerprint density at radius 2 is 1.64 bits per heavy atom. The summed E-state index contributed by atoms with van der Waals surface area (Å²) < 4.78 is 2.88. The Balaban J connectivity index is 1.89. The zero-order valence-electron chi connectivity index (χ0n) is 15.7. The Morgan fingerprint density at radius 1 is 1.00 bits per heavy atom. The van der Waals surface area contributed by atoms with Gasteiger partial charge in [-0.05, 0) is 18.1 Å². The van der Waals surface area contributed by atoms with E-state index in [9.17, 15) is 9.59 Å². The van der Waals surface area contributed by atoms with E-state index in [2.05, 4.69) is 10.2 Å². The first-order chi connectivity index (χ1) is 13.6. The second kappa shape index (κ2) is 7.23. The fourth-order valence-corrected chi connectivity index (χ4v) is 3.24. The molecule has 2 aromatic carbocycles. The maximum atomic E-state index is 13.2. The van der Waals surface area contributed by atoms with Gasteiger partial charge in [-0.25, -0.2) is 9.36 Å². The molecule has 0 saturated heterocycles. The van der Waals surface area contributed by atoms with Crippen LogP contribution in [0.1, 0.15) is 35.8 Å². The van der Waals surface area contributed by atoms with E-state index in [1.807, 2.05) is 50.2 Å². The van der Waals surface area contributed by atoms with Crippen LogP contribution in [-0.4, -0.2) is 25.3 Å². The highest BCUT2D eigenvalue weighted by Crippen LogP contribution is 2.23. The Kier molecular flexibility index (Phi) is 4.61. The lowest BCUT2D eigenvalue weighted by Crippen LogP contribution is -2.29. The minimum absolute atomic E-state index is 0.0783. The fraction of sp³-hybridized carbons (Fsp3) is 0.182. The molecule has 0 fully saturated rings. The molecule has 0 atom stereocenters. The zero-order valence-corrected chi connectivity index (χ0v) is 15.7. The first kappa shape index (κ1) is 17.9. The van der Waals surface area contributed by atoms with Crippen molar-refractivity contribution in [3.8, 4) is 5.69 Å². The highest BCUT2D eigenvalue weighted by Gasteiger charge is 2.20. The topological polar surface area (TPSA) is 69.8 Å². The second-order valence-electron chi connectivity index (χ2n) is 6.95. The summed E-state index contributed by atoms with van der Waals surface area (Å²) >= 11 is 0. The summed E-state index contributed by atoms with van der Waals surface area (Å²) in [7, 11) is 0. The number of para-hydroxylation sites is 1. The third-order valence-electron chi connectivity index (χ3n) is 4.65. The van der Waals surface area contributed by atoms with Crippen molar-refractivity contribution in [1.29, 1.82) is 0 Å². The number of aromatic nitrogens is 4. The molecule has 0 aliphatic carbocycles. The number of carbonyl (C=O) groups excluding carboxylic acids is 1. The largest absolute Gasteiger partial charge is 0.293 e. The SMILES string of the molecule is CC(C)c1nn(CC(=O)c2ccccc2)c(=O)c2c1cnn2-c1ccccc1. The lowest BCUT2D eigenvalue weighted by molar-refractivity contribution is 0.0965. The number of Topliss-reactive ketones (excluding diaryl/α,β-unsaturated/α-hetero) is 1. The van der Waals surface area contributed by atoms with E-state index < -0.39 is 0 Å². The van der Waals surface area contributed by atoms with E-state index in [4.69, 9.17) is 0 Å². The summed E-state index contributed by atoms with van der Waals surface area (Å²) in [6.45, 7) is 3.91. The first-order valence-corrected chi connectivity index (χ1v) is 9.18. The smallest absolute Gasteiger partial charge is 0.292 e. The molecule has 4 aromatic rings. The molecular weight excluding hydrogens is 352 g/mol. The number of nitrogens with zero attached hydrogens (tertiary/aromatic N) is 4. The van der Waals surface area contributed by atoms with Crippen LogP contribution in [0.2, 0.25) is 0 Å². The van der Waals surface area contributed by atoms with Gasteiger partial charge in [-0.2, -0.15) is 10.2 Å². The molecule has 140 valence electrons. The number of ketones is 1. The number of fused-ring (bicyclic) bond motifs is 1. The van der Waals surface area contributed by atoms with E-state index in [-0.39, 0.29) is 23.8 Å². The van der Waals surface area contributed by atoms with Gasteiger partial charge in [-0.1, -0.05) is 62.4 Å². The van der Waals surface area contributed by atoms with Crippen molar-refractivity contribution in [3.05, 3.63) is 88.5 Å². The van der Waals surface area contributed by atoms with Crippen molar-refractivity contribution in [1.82, 2.24) is 19.6 Å². The predicted octanol–water partition coefficient (Wildman–Crippen LogP) is 3.59. The standard InChI is InChI=1S/C22H20N4O2/c1-15(2)20-18-13-23-26(17-11-7-4-8-12-17)21(18)22(28)25(24-20)14-19(27)16-9-5-3-6-10-16/h3-13,15H,14H2,1-2H3. The van der Waals surface area contributed by atoms with Crippen molar-refractivity contribution in [2.24, 2.45) is 0 Å². The number of hydrogen-bond donors (Lipinski definition) is 0. The first-order valence-electron chi connectivity index (χ1n) is 9.18. The van der Waals surface area contributed by atoms with Gasteiger partial charge >= 0.3 is 0 Å². The van der Waals surface area contributed by atoms with Crippen molar-refractivity contribution in [3.63, 3.8) is 0 Å². The molecule has 4 rings (SSSR count). The Bertz CT molecular complexity index is 1190. The van der Waals surface area contributed by atoms with Crippen LogP contribution in [0.25, 0.3) is 16.6 Å². The molecule has 0 unspecified atom stereocenters. The van der Waals surface area contributed by atoms with E-state index >= 15 is 0 Å². The molecule has 0 bridgehead atoms. The van der Waals surface area contributed by atoms with Crippen molar-refractivity contribution < 1.29 is 4.79 Å². The number of carbonyl (C=O) groups is 1. The minimum Gasteiger partial charge on any atom is -0.292 e. The second-order valence-corrected chi connectivity index (χ2v) is 6.95. The van der Waals surface area contributed by atoms with Crippen LogP contribution in [0.3, 0.4) is 0 Å². The molecule has 0 saturated carbocycles. The van der Waals surface area contributed by atoms with Gasteiger partial charge in [-0.15, -0.1) is 0 Å². The van der Waals surface area contributed by atoms with Gasteiger partial charge in [0.2, 0.25) is 0 Å². The van der Waals surface area contributed by atoms with Crippen LogP contribution in [0.15, 0.2) is 71.7 Å². The Hall–Kier alpha value is -3.54. The van der Waals surface area contributed by atoms with Gasteiger partial charge in [0, 0.05) is 10.9 Å². The van der Waals surface area contributed by atoms with Gasteiger partial charge in [0.05, 0.1) is 17.6 Å². The molecule has 0 aliphatic heterocycles. The number of benzene rings is 2. The number of hydrogen-bond acceptors (Lipinski definition) is 4. The van der Waals surface area contributed by atoms with Crippen LogP contribution >= 0.6 is 0 Å². The summed E-state index contributed by atoms with van der Waals surface area (Å²) in [6.07, 6.45) is 1.68. The van der Waals surface area contributed by atoms with E-state index in [1.54, 1.807) is 35.1 Å². The average Bonchev–Trinajstić information content (AvgIpc) is 3.16. The van der Waals surface area contributed by atoms with Crippen LogP contribution in [0, 0.1) is 0 Å². The molecule has 0 spiro atoms. The molecule has 0 amide bonds. The van der Waals surface area contributed by atoms with E-state index in [1.165, 1.54) is 4.68 Å². The molecule has 6 nitrogen and oxygen atoms in total. The van der Waals surface area contributed by atoms with Gasteiger partial charge in [0.25, 0.3) is 5.56 Å². The van der Waals surface area contributed by atoms with Crippen LogP contribution in [0.5, 0.6) is 0 Å². The van der Waals surface area contributed by atoms with E-state index in [0.717, 1.165) is 11.4 Å². The van der Waals surface area contributed by atoms with Crippen LogP contribution in [-0.2, 0) is 6.54 Å². The lowest BCUT2D eigenvalue weighted by Gasteiger charge is -2.12. The van der Waals surface area contributed by atoms with Crippen molar-refractivity contribution >= 4 is 16.7 Å². The average molecular weight is 372 g/mol. The summed E-state index contributed by atoms with van der Waals surface area (Å²) in [5.41, 5.74) is 2.20. The summed E-state index contributed by atoms with van der Waals surface area (Å²) in [6, 6.07) is 18.4. The lowest BCUT2D eigenvalue weighted by atomic mass is 10.1. The molecule has 0 aliphatic rings. The molecule has 2 heterocycles. The summed E-state index contributed by atoms with van der Waals surface area (Å²) in [5, 5.41) is 9.64. The van der Waals surface area contributed by atoms with Crippen LogP contribution in [0.4, 0.5) is 0 Å². The normalized spacial score (nSPS) is 11.2. The Labute approximate surface area is 162 Å². The van der Waals surface area contributed by atoms with Crippen molar-refractivity contribution in [2.45, 2.75) is 26.3 Å². The van der Waals surface area contributed by atoms with Gasteiger partial charge in [0.1, 0.15) is 12.1 Å². The summed E-state index contributed by atoms with van der Waals surface area (Å²) in [5.74, 6) is -0.0790. The Morgan fingerprint density at radius 3 is 2.29 bits per heavy atom. The third-order valence-corrected chi connectivity index (χ3v) is 4.65. The maximum Gasteiger partial charge on any atom is 0.293 e. The van der Waals surface area contributed by atoms with Crippen molar-refractivity contribution in [2.75, 3.05) is 0 Å². The fourth-order valence-electron chi connectivity index (χ4n) is 3.24. The molecule has 6 heteroatoms. The zero-order chi connectivity index (χ0) is 19.7. The van der Waals surface area contributed by atoms with Crippen LogP contribution < -0.4 is 5.56 Å². The van der Waals surface area contributed by atoms with Gasteiger partial charge < -0.3 is 0 Å². The molecule has 0 N–H and O–H groups in total. The quantitative estimate of drug-likeness (QED) is 0.502. The minimum atomic E-state index is -0.329.